The van der Waals surface area contributed by atoms with E-state index in [1.54, 1.807) is 0 Å². The number of rotatable bonds is 1. The molecule has 12 heavy (non-hydrogen) atoms. The first-order valence-electron chi connectivity index (χ1n) is 3.56. The summed E-state index contributed by atoms with van der Waals surface area (Å²) in [5.74, 6) is 0. The zero-order valence-corrected chi connectivity index (χ0v) is 6.24. The molecule has 1 aliphatic heterocycles. The van der Waals surface area contributed by atoms with Gasteiger partial charge in [-0.3, -0.25) is 0 Å². The minimum Gasteiger partial charge on any atom is -0.394 e. The van der Waals surface area contributed by atoms with Crippen LogP contribution < -0.4 is 0 Å². The van der Waals surface area contributed by atoms with Crippen LogP contribution in [0.25, 0.3) is 0 Å². The molecule has 0 bridgehead atoms. The highest BCUT2D eigenvalue weighted by atomic mass is 16.7. The predicted molar refractivity (Wildman–Crippen MR) is 36.0 cm³/mol. The van der Waals surface area contributed by atoms with Crippen molar-refractivity contribution in [2.24, 2.45) is 0 Å². The second kappa shape index (κ2) is 3.65. The molecular weight excluding hydrogens is 170 g/mol. The smallest absolute Gasteiger partial charge is 0.184 e. The fourth-order valence-corrected chi connectivity index (χ4v) is 1.08. The Hall–Kier alpha value is -0.240. The van der Waals surface area contributed by atoms with Gasteiger partial charge >= 0.3 is 0 Å². The summed E-state index contributed by atoms with van der Waals surface area (Å²) in [7, 11) is 0. The molecule has 0 aromatic carbocycles. The van der Waals surface area contributed by atoms with Crippen LogP contribution in [0.5, 0.6) is 0 Å². The lowest BCUT2D eigenvalue weighted by Gasteiger charge is -2.37. The maximum absolute atomic E-state index is 9.12. The van der Waals surface area contributed by atoms with Crippen LogP contribution in [0.1, 0.15) is 0 Å². The van der Waals surface area contributed by atoms with E-state index in [0.29, 0.717) is 0 Å². The average Bonchev–Trinajstić information content (AvgIpc) is 2.08. The molecule has 0 saturated carbocycles. The van der Waals surface area contributed by atoms with Gasteiger partial charge in [-0.15, -0.1) is 0 Å². The van der Waals surface area contributed by atoms with Gasteiger partial charge in [0.1, 0.15) is 24.4 Å². The van der Waals surface area contributed by atoms with Gasteiger partial charge < -0.3 is 30.3 Å². The van der Waals surface area contributed by atoms with E-state index in [2.05, 4.69) is 4.74 Å². The van der Waals surface area contributed by atoms with Gasteiger partial charge in [0.25, 0.3) is 0 Å². The summed E-state index contributed by atoms with van der Waals surface area (Å²) in [6.45, 7) is -0.526. The molecule has 0 aliphatic carbocycles. The van der Waals surface area contributed by atoms with Gasteiger partial charge in [0.05, 0.1) is 6.61 Å². The fraction of sp³-hybridized carbons (Fsp3) is 1.00. The highest BCUT2D eigenvalue weighted by molar-refractivity contribution is 4.87. The van der Waals surface area contributed by atoms with E-state index in [0.717, 1.165) is 0 Å². The van der Waals surface area contributed by atoms with Crippen LogP contribution in [0.3, 0.4) is 0 Å². The van der Waals surface area contributed by atoms with Gasteiger partial charge in [-0.2, -0.15) is 0 Å². The lowest BCUT2D eigenvalue weighted by atomic mass is 10.2. The number of hydrogen-bond donors (Lipinski definition) is 5. The van der Waals surface area contributed by atoms with Crippen molar-refractivity contribution in [3.8, 4) is 0 Å². The maximum atomic E-state index is 9.12. The zero-order valence-electron chi connectivity index (χ0n) is 6.24. The van der Waals surface area contributed by atoms with Gasteiger partial charge in [0, 0.05) is 0 Å². The third-order valence-corrected chi connectivity index (χ3v) is 1.87. The second-order valence-corrected chi connectivity index (χ2v) is 2.72. The van der Waals surface area contributed by atoms with Crippen LogP contribution in [0.15, 0.2) is 0 Å². The van der Waals surface area contributed by atoms with Crippen molar-refractivity contribution < 1.29 is 30.3 Å². The Kier molecular flexibility index (Phi) is 2.99. The maximum Gasteiger partial charge on any atom is 0.184 e. The first kappa shape index (κ1) is 9.85. The minimum atomic E-state index is -1.57. The highest BCUT2D eigenvalue weighted by Crippen LogP contribution is 2.18. The van der Waals surface area contributed by atoms with Gasteiger partial charge in [0.15, 0.2) is 6.29 Å². The van der Waals surface area contributed by atoms with Crippen molar-refractivity contribution >= 4 is 0 Å². The third kappa shape index (κ3) is 1.58. The minimum absolute atomic E-state index is 0.526. The van der Waals surface area contributed by atoms with E-state index in [4.69, 9.17) is 25.5 Å². The second-order valence-electron chi connectivity index (χ2n) is 2.72. The van der Waals surface area contributed by atoms with Crippen molar-refractivity contribution in [2.45, 2.75) is 30.7 Å². The van der Waals surface area contributed by atoms with Crippen molar-refractivity contribution in [2.75, 3.05) is 6.61 Å². The van der Waals surface area contributed by atoms with E-state index in [-0.39, 0.29) is 0 Å². The summed E-state index contributed by atoms with van der Waals surface area (Å²) in [5, 5.41) is 44.7. The normalized spacial score (nSPS) is 49.2. The molecule has 1 saturated heterocycles. The van der Waals surface area contributed by atoms with Crippen molar-refractivity contribution in [3.05, 3.63) is 0 Å². The molecule has 1 rings (SSSR count). The molecular formula is C6H12O6. The summed E-state index contributed by atoms with van der Waals surface area (Å²) in [6.07, 6.45) is -7.04. The van der Waals surface area contributed by atoms with Crippen LogP contribution in [-0.2, 0) is 4.74 Å². The molecule has 0 aromatic rings. The molecule has 72 valence electrons. The third-order valence-electron chi connectivity index (χ3n) is 1.87. The summed E-state index contributed by atoms with van der Waals surface area (Å²) in [5.41, 5.74) is 0. The Bertz CT molecular complexity index is 146. The molecule has 0 spiro atoms. The molecule has 5 N–H and O–H groups in total. The van der Waals surface area contributed by atoms with E-state index >= 15 is 0 Å². The summed E-state index contributed by atoms with van der Waals surface area (Å²) in [4.78, 5) is 0. The van der Waals surface area contributed by atoms with Crippen LogP contribution in [0.4, 0.5) is 0 Å². The fourth-order valence-electron chi connectivity index (χ4n) is 1.08. The molecule has 1 aliphatic rings. The number of hydrogen-bond acceptors (Lipinski definition) is 6. The quantitative estimate of drug-likeness (QED) is 0.273. The van der Waals surface area contributed by atoms with Crippen LogP contribution in [-0.4, -0.2) is 62.8 Å². The predicted octanol–water partition coefficient (Wildman–Crippen LogP) is -3.22. The average molecular weight is 182 g/mol. The van der Waals surface area contributed by atoms with Crippen molar-refractivity contribution in [3.63, 3.8) is 0 Å². The van der Waals surface area contributed by atoms with Gasteiger partial charge in [-0.1, -0.05) is 0 Å². The van der Waals surface area contributed by atoms with E-state index in [9.17, 15) is 0 Å². The number of aliphatic hydroxyl groups excluding tert-OH is 5. The molecule has 0 radical (unpaired) electrons. The number of aliphatic hydroxyl groups is 5. The van der Waals surface area contributed by atoms with Crippen molar-refractivity contribution in [1.82, 2.24) is 0 Å². The van der Waals surface area contributed by atoms with Gasteiger partial charge in [-0.05, 0) is 0 Å². The van der Waals surface area contributed by atoms with E-state index < -0.39 is 37.3 Å². The van der Waals surface area contributed by atoms with Crippen LogP contribution in [0, 0.1) is 0 Å². The SMILES string of the molecule is OC[C@H]1O[13CH](O)[C@H](O)[13C@@H](O)[C@@H]1O. The molecule has 6 heteroatoms. The summed E-state index contributed by atoms with van der Waals surface area (Å²) >= 11 is 0. The summed E-state index contributed by atoms with van der Waals surface area (Å²) in [6, 6.07) is 0. The monoisotopic (exact) mass is 182 g/mol. The first-order chi connectivity index (χ1) is 5.57. The molecule has 1 unspecified atom stereocenters. The molecule has 1 fully saturated rings. The standard InChI is InChI=1S/C6H12O6/c7-1-2-3(8)4(9)5(10)6(11)12-2/h2-11H,1H2/t2-,3-,4+,5-,6?/m1/s1/i4+1,6+1. The molecule has 6 nitrogen and oxygen atoms in total. The van der Waals surface area contributed by atoms with Crippen LogP contribution >= 0.6 is 0 Å². The lowest BCUT2D eigenvalue weighted by molar-refractivity contribution is -0.286. The Morgan fingerprint density at radius 3 is 2.00 bits per heavy atom. The Labute approximate surface area is 68.6 Å². The Morgan fingerprint density at radius 1 is 0.917 bits per heavy atom. The highest BCUT2D eigenvalue weighted by Gasteiger charge is 2.42. The Balaban J connectivity index is 2.63. The molecule has 0 aromatic heterocycles. The zero-order chi connectivity index (χ0) is 9.30. The molecule has 0 amide bonds. The van der Waals surface area contributed by atoms with Gasteiger partial charge in [0.2, 0.25) is 0 Å². The largest absolute Gasteiger partial charge is 0.394 e. The molecule has 5 atom stereocenters. The number of ether oxygens (including phenoxy) is 1. The first-order valence-corrected chi connectivity index (χ1v) is 3.56. The van der Waals surface area contributed by atoms with Crippen molar-refractivity contribution in [1.29, 1.82) is 0 Å². The van der Waals surface area contributed by atoms with E-state index in [1.165, 1.54) is 0 Å². The Morgan fingerprint density at radius 2 is 1.50 bits per heavy atom. The molecule has 1 heterocycles. The topological polar surface area (TPSA) is 110 Å². The van der Waals surface area contributed by atoms with E-state index in [1.807, 2.05) is 0 Å². The van der Waals surface area contributed by atoms with Gasteiger partial charge in [-0.25, -0.2) is 0 Å². The lowest BCUT2D eigenvalue weighted by Crippen LogP contribution is -2.58. The summed E-state index contributed by atoms with van der Waals surface area (Å²) < 4.78 is 4.58. The van der Waals surface area contributed by atoms with Crippen LogP contribution in [0.2, 0.25) is 0 Å².